The number of aliphatic hydroxyl groups is 2. The average Bonchev–Trinajstić information content (AvgIpc) is 2.16. The first-order valence-electron chi connectivity index (χ1n) is 4.24. The van der Waals surface area contributed by atoms with Crippen molar-refractivity contribution >= 4 is 11.9 Å². The van der Waals surface area contributed by atoms with Crippen LogP contribution < -0.4 is 0 Å². The van der Waals surface area contributed by atoms with E-state index in [2.05, 4.69) is 9.47 Å². The van der Waals surface area contributed by atoms with Gasteiger partial charge in [-0.25, -0.2) is 9.59 Å². The second-order valence-electron chi connectivity index (χ2n) is 2.39. The molecule has 0 unspecified atom stereocenters. The summed E-state index contributed by atoms with van der Waals surface area (Å²) in [7, 11) is 0. The minimum Gasteiger partial charge on any atom is -0.464 e. The summed E-state index contributed by atoms with van der Waals surface area (Å²) in [6.07, 6.45) is -3.79. The normalized spacial score (nSPS) is 13.3. The molecule has 15 heavy (non-hydrogen) atoms. The SMILES string of the molecule is CCOC(=O)[C@H](O)[C@@H](O)C(=O)OCC.[Ti]. The molecule has 0 amide bonds. The molecule has 0 saturated heterocycles. The standard InChI is InChI=1S/C8H14O6.Ti/c1-3-13-7(11)5(9)6(10)8(12)14-4-2;/h5-6,9-10H,3-4H2,1-2H3;/t5-,6-;/m1./s1. The molecule has 0 aliphatic rings. The first-order valence-corrected chi connectivity index (χ1v) is 4.24. The maximum absolute atomic E-state index is 10.9. The fraction of sp³-hybridized carbons (Fsp3) is 0.750. The molecular formula is C8H14O6Ti. The van der Waals surface area contributed by atoms with Gasteiger partial charge in [-0.1, -0.05) is 0 Å². The summed E-state index contributed by atoms with van der Waals surface area (Å²) < 4.78 is 8.79. The van der Waals surface area contributed by atoms with Gasteiger partial charge in [0.25, 0.3) is 0 Å². The molecule has 0 fully saturated rings. The molecule has 7 heteroatoms. The molecule has 0 aromatic heterocycles. The quantitative estimate of drug-likeness (QED) is 0.474. The zero-order valence-corrected chi connectivity index (χ0v) is 10.2. The Labute approximate surface area is 102 Å². The van der Waals surface area contributed by atoms with E-state index < -0.39 is 24.1 Å². The van der Waals surface area contributed by atoms with Crippen LogP contribution in [0.3, 0.4) is 0 Å². The van der Waals surface area contributed by atoms with Crippen LogP contribution in [0.5, 0.6) is 0 Å². The van der Waals surface area contributed by atoms with Crippen LogP contribution in [0, 0.1) is 0 Å². The Morgan fingerprint density at radius 1 is 1.00 bits per heavy atom. The van der Waals surface area contributed by atoms with E-state index in [0.29, 0.717) is 0 Å². The van der Waals surface area contributed by atoms with E-state index in [1.54, 1.807) is 13.8 Å². The van der Waals surface area contributed by atoms with Crippen LogP contribution in [0.25, 0.3) is 0 Å². The van der Waals surface area contributed by atoms with Gasteiger partial charge in [0.1, 0.15) is 0 Å². The van der Waals surface area contributed by atoms with E-state index in [1.165, 1.54) is 0 Å². The van der Waals surface area contributed by atoms with Gasteiger partial charge in [0, 0.05) is 21.7 Å². The number of aliphatic hydroxyl groups excluding tert-OH is 2. The van der Waals surface area contributed by atoms with Gasteiger partial charge < -0.3 is 19.7 Å². The Balaban J connectivity index is 0. The van der Waals surface area contributed by atoms with Gasteiger partial charge in [-0.15, -0.1) is 0 Å². The fourth-order valence-electron chi connectivity index (χ4n) is 0.713. The van der Waals surface area contributed by atoms with Crippen molar-refractivity contribution in [1.82, 2.24) is 0 Å². The van der Waals surface area contributed by atoms with Crippen molar-refractivity contribution < 1.29 is 51.0 Å². The van der Waals surface area contributed by atoms with Crippen LogP contribution in [0.1, 0.15) is 13.8 Å². The van der Waals surface area contributed by atoms with Gasteiger partial charge in [0.15, 0.2) is 12.2 Å². The Morgan fingerprint density at radius 2 is 1.27 bits per heavy atom. The molecule has 0 radical (unpaired) electrons. The minimum absolute atomic E-state index is 0. The number of carbonyl (C=O) groups is 2. The molecule has 0 saturated carbocycles. The van der Waals surface area contributed by atoms with Gasteiger partial charge in [-0.2, -0.15) is 0 Å². The first kappa shape index (κ1) is 17.0. The monoisotopic (exact) mass is 254 g/mol. The molecule has 0 spiro atoms. The first-order chi connectivity index (χ1) is 6.54. The number of ether oxygens (including phenoxy) is 2. The Bertz CT molecular complexity index is 185. The van der Waals surface area contributed by atoms with Crippen molar-refractivity contribution in [3.63, 3.8) is 0 Å². The molecule has 0 rings (SSSR count). The van der Waals surface area contributed by atoms with E-state index >= 15 is 0 Å². The Hall–Kier alpha value is -0.426. The topological polar surface area (TPSA) is 93.1 Å². The van der Waals surface area contributed by atoms with Crippen molar-refractivity contribution in [2.45, 2.75) is 26.1 Å². The maximum Gasteiger partial charge on any atom is 0.338 e. The summed E-state index contributed by atoms with van der Waals surface area (Å²) in [4.78, 5) is 21.7. The summed E-state index contributed by atoms with van der Waals surface area (Å²) in [5, 5.41) is 18.2. The molecular weight excluding hydrogens is 240 g/mol. The third-order valence-corrected chi connectivity index (χ3v) is 1.36. The number of esters is 2. The van der Waals surface area contributed by atoms with Crippen LogP contribution >= 0.6 is 0 Å². The molecule has 0 bridgehead atoms. The van der Waals surface area contributed by atoms with E-state index in [1.807, 2.05) is 0 Å². The van der Waals surface area contributed by atoms with Gasteiger partial charge in [-0.3, -0.25) is 0 Å². The van der Waals surface area contributed by atoms with Crippen LogP contribution in [0.4, 0.5) is 0 Å². The average molecular weight is 254 g/mol. The fourth-order valence-corrected chi connectivity index (χ4v) is 0.713. The van der Waals surface area contributed by atoms with Crippen molar-refractivity contribution in [2.75, 3.05) is 13.2 Å². The zero-order valence-electron chi connectivity index (χ0n) is 8.60. The van der Waals surface area contributed by atoms with E-state index in [4.69, 9.17) is 10.2 Å². The Kier molecular flexibility index (Phi) is 10.0. The molecule has 2 atom stereocenters. The molecule has 0 aliphatic carbocycles. The maximum atomic E-state index is 10.9. The van der Waals surface area contributed by atoms with Gasteiger partial charge in [0.05, 0.1) is 13.2 Å². The third kappa shape index (κ3) is 5.89. The van der Waals surface area contributed by atoms with Gasteiger partial charge >= 0.3 is 11.9 Å². The van der Waals surface area contributed by atoms with Crippen LogP contribution in [-0.2, 0) is 40.8 Å². The molecule has 0 heterocycles. The molecule has 0 aliphatic heterocycles. The summed E-state index contributed by atoms with van der Waals surface area (Å²) >= 11 is 0. The summed E-state index contributed by atoms with van der Waals surface area (Å²) in [5.41, 5.74) is 0. The molecule has 0 aromatic carbocycles. The van der Waals surface area contributed by atoms with Crippen LogP contribution in [-0.4, -0.2) is 47.6 Å². The molecule has 6 nitrogen and oxygen atoms in total. The second kappa shape index (κ2) is 8.85. The zero-order chi connectivity index (χ0) is 11.1. The van der Waals surface area contributed by atoms with Crippen molar-refractivity contribution in [3.05, 3.63) is 0 Å². The smallest absolute Gasteiger partial charge is 0.338 e. The predicted octanol–water partition coefficient (Wildman–Crippen LogP) is -1.17. The Morgan fingerprint density at radius 3 is 1.47 bits per heavy atom. The van der Waals surface area contributed by atoms with Crippen molar-refractivity contribution in [2.24, 2.45) is 0 Å². The van der Waals surface area contributed by atoms with Gasteiger partial charge in [-0.05, 0) is 13.8 Å². The van der Waals surface area contributed by atoms with Crippen molar-refractivity contribution in [1.29, 1.82) is 0 Å². The van der Waals surface area contributed by atoms with Crippen LogP contribution in [0.15, 0.2) is 0 Å². The minimum atomic E-state index is -1.89. The predicted molar refractivity (Wildman–Crippen MR) is 45.3 cm³/mol. The van der Waals surface area contributed by atoms with Crippen LogP contribution in [0.2, 0.25) is 0 Å². The van der Waals surface area contributed by atoms with E-state index in [0.717, 1.165) is 0 Å². The third-order valence-electron chi connectivity index (χ3n) is 1.36. The molecule has 2 N–H and O–H groups in total. The molecule has 0 aromatic rings. The summed E-state index contributed by atoms with van der Waals surface area (Å²) in [6.45, 7) is 3.21. The van der Waals surface area contributed by atoms with E-state index in [9.17, 15) is 9.59 Å². The second-order valence-corrected chi connectivity index (χ2v) is 2.39. The molecule has 86 valence electrons. The number of carbonyl (C=O) groups excluding carboxylic acids is 2. The number of hydrogen-bond donors (Lipinski definition) is 2. The summed E-state index contributed by atoms with van der Waals surface area (Å²) in [6, 6.07) is 0. The summed E-state index contributed by atoms with van der Waals surface area (Å²) in [5.74, 6) is -2.10. The number of rotatable bonds is 5. The van der Waals surface area contributed by atoms with E-state index in [-0.39, 0.29) is 34.9 Å². The van der Waals surface area contributed by atoms with Gasteiger partial charge in [0.2, 0.25) is 0 Å². The largest absolute Gasteiger partial charge is 0.464 e. The number of hydrogen-bond acceptors (Lipinski definition) is 6. The van der Waals surface area contributed by atoms with Crippen molar-refractivity contribution in [3.8, 4) is 0 Å².